The number of carbonyl (C=O) groups is 2. The lowest BCUT2D eigenvalue weighted by molar-refractivity contribution is -0.132. The summed E-state index contributed by atoms with van der Waals surface area (Å²) in [7, 11) is 0. The van der Waals surface area contributed by atoms with Gasteiger partial charge in [-0.1, -0.05) is 12.1 Å². The topological polar surface area (TPSA) is 94.4 Å². The second kappa shape index (κ2) is 8.59. The number of halogens is 1. The van der Waals surface area contributed by atoms with Gasteiger partial charge >= 0.3 is 5.69 Å². The lowest BCUT2D eigenvalue weighted by atomic mass is 10.3. The summed E-state index contributed by atoms with van der Waals surface area (Å²) >= 11 is 0. The Hall–Kier alpha value is -3.62. The van der Waals surface area contributed by atoms with Crippen LogP contribution in [0.4, 0.5) is 4.39 Å². The Morgan fingerprint density at radius 1 is 1.03 bits per heavy atom. The Balaban J connectivity index is 1.61. The average molecular weight is 400 g/mol. The maximum Gasteiger partial charge on any atom is 0.329 e. The molecule has 0 saturated carbocycles. The number of carbonyl (C=O) groups excluding carboxylic acids is 2. The molecule has 0 radical (unpaired) electrons. The number of aryl methyl sites for hydroxylation is 1. The molecule has 0 aliphatic carbocycles. The van der Waals surface area contributed by atoms with Gasteiger partial charge in [0.2, 0.25) is 0 Å². The van der Waals surface area contributed by atoms with Crippen LogP contribution in [0.15, 0.2) is 53.3 Å². The molecule has 0 bridgehead atoms. The summed E-state index contributed by atoms with van der Waals surface area (Å²) in [6.45, 7) is 3.56. The van der Waals surface area contributed by atoms with Crippen LogP contribution in [0.2, 0.25) is 0 Å². The van der Waals surface area contributed by atoms with Crippen molar-refractivity contribution in [2.45, 2.75) is 33.0 Å². The molecule has 1 aromatic heterocycles. The fraction of sp³-hybridized carbons (Fsp3) is 0.250. The number of nitrogens with zero attached hydrogens (tertiary/aromatic N) is 2. The van der Waals surface area contributed by atoms with E-state index in [9.17, 15) is 18.8 Å². The van der Waals surface area contributed by atoms with Crippen LogP contribution in [0.1, 0.15) is 13.8 Å². The smallest absolute Gasteiger partial charge is 0.329 e. The molecule has 3 rings (SSSR count). The predicted octanol–water partition coefficient (Wildman–Crippen LogP) is 1.58. The standard InChI is InChI=1S/C20H21FN4O4/c1-3-24-16-6-4-5-7-17(16)25(20(24)28)12-18(26)22-23-19(27)13(2)29-15-10-8-14(21)9-11-15/h4-11,13H,3,12H2,1-2H3,(H,22,26)(H,23,27). The summed E-state index contributed by atoms with van der Waals surface area (Å²) in [5.74, 6) is -1.25. The summed E-state index contributed by atoms with van der Waals surface area (Å²) in [5.41, 5.74) is 5.61. The number of hydrazine groups is 1. The molecule has 152 valence electrons. The Kier molecular flexibility index (Phi) is 5.96. The molecule has 2 aromatic carbocycles. The molecule has 1 heterocycles. The van der Waals surface area contributed by atoms with Crippen LogP contribution in [0.25, 0.3) is 11.0 Å². The first-order valence-electron chi connectivity index (χ1n) is 9.09. The highest BCUT2D eigenvalue weighted by Gasteiger charge is 2.17. The van der Waals surface area contributed by atoms with Crippen LogP contribution in [0.5, 0.6) is 5.75 Å². The molecule has 1 atom stereocenters. The highest BCUT2D eigenvalue weighted by molar-refractivity contribution is 5.85. The van der Waals surface area contributed by atoms with Gasteiger partial charge in [0.15, 0.2) is 6.10 Å². The number of hydrogen-bond donors (Lipinski definition) is 2. The second-order valence-electron chi connectivity index (χ2n) is 6.35. The van der Waals surface area contributed by atoms with Crippen molar-refractivity contribution in [3.05, 3.63) is 64.8 Å². The van der Waals surface area contributed by atoms with Gasteiger partial charge in [0.25, 0.3) is 11.8 Å². The Bertz CT molecular complexity index is 1090. The zero-order valence-electron chi connectivity index (χ0n) is 16.0. The van der Waals surface area contributed by atoms with E-state index in [1.807, 2.05) is 19.1 Å². The van der Waals surface area contributed by atoms with Crippen molar-refractivity contribution >= 4 is 22.8 Å². The third-order valence-electron chi connectivity index (χ3n) is 4.36. The van der Waals surface area contributed by atoms with Crippen LogP contribution >= 0.6 is 0 Å². The molecule has 8 nitrogen and oxygen atoms in total. The van der Waals surface area contributed by atoms with Crippen molar-refractivity contribution in [1.82, 2.24) is 20.0 Å². The molecule has 0 aliphatic rings. The summed E-state index contributed by atoms with van der Waals surface area (Å²) < 4.78 is 21.2. The number of nitrogens with one attached hydrogen (secondary N) is 2. The molecular formula is C20H21FN4O4. The maximum absolute atomic E-state index is 12.9. The zero-order chi connectivity index (χ0) is 21.0. The van der Waals surface area contributed by atoms with Crippen LogP contribution < -0.4 is 21.3 Å². The van der Waals surface area contributed by atoms with E-state index in [2.05, 4.69) is 10.9 Å². The number of ether oxygens (including phenoxy) is 1. The number of imidazole rings is 1. The molecule has 0 saturated heterocycles. The van der Waals surface area contributed by atoms with Gasteiger partial charge in [-0.3, -0.25) is 29.6 Å². The second-order valence-corrected chi connectivity index (χ2v) is 6.35. The van der Waals surface area contributed by atoms with Crippen LogP contribution in [0, 0.1) is 5.82 Å². The third kappa shape index (κ3) is 4.45. The molecule has 0 spiro atoms. The summed E-state index contributed by atoms with van der Waals surface area (Å²) in [6.07, 6.45) is -0.925. The highest BCUT2D eigenvalue weighted by atomic mass is 19.1. The van der Waals surface area contributed by atoms with E-state index in [0.29, 0.717) is 17.8 Å². The van der Waals surface area contributed by atoms with Gasteiger partial charge in [-0.25, -0.2) is 9.18 Å². The van der Waals surface area contributed by atoms with Gasteiger partial charge in [-0.2, -0.15) is 0 Å². The molecule has 0 fully saturated rings. The minimum atomic E-state index is -0.925. The zero-order valence-corrected chi connectivity index (χ0v) is 16.0. The maximum atomic E-state index is 12.9. The van der Waals surface area contributed by atoms with Gasteiger partial charge in [-0.05, 0) is 50.2 Å². The number of aromatic nitrogens is 2. The van der Waals surface area contributed by atoms with Crippen molar-refractivity contribution in [1.29, 1.82) is 0 Å². The van der Waals surface area contributed by atoms with Crippen molar-refractivity contribution in [2.24, 2.45) is 0 Å². The largest absolute Gasteiger partial charge is 0.481 e. The van der Waals surface area contributed by atoms with Crippen LogP contribution in [0.3, 0.4) is 0 Å². The number of rotatable bonds is 6. The van der Waals surface area contributed by atoms with E-state index >= 15 is 0 Å². The van der Waals surface area contributed by atoms with E-state index in [0.717, 1.165) is 5.52 Å². The number of amides is 2. The Labute approximate surface area is 165 Å². The van der Waals surface area contributed by atoms with Crippen LogP contribution in [-0.4, -0.2) is 27.1 Å². The lowest BCUT2D eigenvalue weighted by Crippen LogP contribution is -2.48. The lowest BCUT2D eigenvalue weighted by Gasteiger charge is -2.15. The van der Waals surface area contributed by atoms with Gasteiger partial charge in [0.05, 0.1) is 11.0 Å². The van der Waals surface area contributed by atoms with Crippen molar-refractivity contribution in [3.63, 3.8) is 0 Å². The monoisotopic (exact) mass is 400 g/mol. The fourth-order valence-corrected chi connectivity index (χ4v) is 2.92. The minimum Gasteiger partial charge on any atom is -0.481 e. The van der Waals surface area contributed by atoms with Gasteiger partial charge in [0.1, 0.15) is 18.1 Å². The Morgan fingerprint density at radius 2 is 1.66 bits per heavy atom. The number of para-hydroxylation sites is 2. The van der Waals surface area contributed by atoms with Crippen molar-refractivity contribution < 1.29 is 18.7 Å². The quantitative estimate of drug-likeness (QED) is 0.615. The molecule has 1 unspecified atom stereocenters. The van der Waals surface area contributed by atoms with E-state index < -0.39 is 23.7 Å². The van der Waals surface area contributed by atoms with Gasteiger partial charge in [-0.15, -0.1) is 0 Å². The van der Waals surface area contributed by atoms with E-state index in [4.69, 9.17) is 4.74 Å². The molecule has 29 heavy (non-hydrogen) atoms. The van der Waals surface area contributed by atoms with Crippen molar-refractivity contribution in [2.75, 3.05) is 0 Å². The van der Waals surface area contributed by atoms with E-state index in [1.54, 1.807) is 16.7 Å². The normalized spacial score (nSPS) is 11.8. The van der Waals surface area contributed by atoms with Crippen LogP contribution in [-0.2, 0) is 22.7 Å². The molecule has 3 aromatic rings. The average Bonchev–Trinajstić information content (AvgIpc) is 2.98. The van der Waals surface area contributed by atoms with E-state index in [-0.39, 0.29) is 12.2 Å². The first-order valence-corrected chi connectivity index (χ1v) is 9.09. The molecule has 9 heteroatoms. The number of hydrogen-bond acceptors (Lipinski definition) is 4. The predicted molar refractivity (Wildman–Crippen MR) is 105 cm³/mol. The summed E-state index contributed by atoms with van der Waals surface area (Å²) in [6, 6.07) is 12.4. The van der Waals surface area contributed by atoms with E-state index in [1.165, 1.54) is 35.8 Å². The van der Waals surface area contributed by atoms with Gasteiger partial charge < -0.3 is 4.74 Å². The molecular weight excluding hydrogens is 379 g/mol. The molecule has 0 aliphatic heterocycles. The number of benzene rings is 2. The molecule has 2 amide bonds. The Morgan fingerprint density at radius 3 is 2.28 bits per heavy atom. The number of fused-ring (bicyclic) bond motifs is 1. The SMILES string of the molecule is CCn1c(=O)n(CC(=O)NNC(=O)C(C)Oc2ccc(F)cc2)c2ccccc21. The highest BCUT2D eigenvalue weighted by Crippen LogP contribution is 2.13. The minimum absolute atomic E-state index is 0.250. The van der Waals surface area contributed by atoms with Crippen molar-refractivity contribution in [3.8, 4) is 5.75 Å². The van der Waals surface area contributed by atoms with Gasteiger partial charge in [0, 0.05) is 6.54 Å². The first-order chi connectivity index (χ1) is 13.9. The fourth-order valence-electron chi connectivity index (χ4n) is 2.92. The summed E-state index contributed by atoms with van der Waals surface area (Å²) in [5, 5.41) is 0. The first kappa shape index (κ1) is 20.1. The molecule has 2 N–H and O–H groups in total. The third-order valence-corrected chi connectivity index (χ3v) is 4.36. The summed E-state index contributed by atoms with van der Waals surface area (Å²) in [4.78, 5) is 36.9.